The van der Waals surface area contributed by atoms with Gasteiger partial charge in [-0.1, -0.05) is 18.2 Å². The van der Waals surface area contributed by atoms with E-state index in [1.54, 1.807) is 6.07 Å². The van der Waals surface area contributed by atoms with Crippen molar-refractivity contribution in [2.45, 2.75) is 25.3 Å². The quantitative estimate of drug-likeness (QED) is 0.788. The molecule has 1 saturated heterocycles. The van der Waals surface area contributed by atoms with E-state index in [2.05, 4.69) is 5.32 Å². The highest BCUT2D eigenvalue weighted by molar-refractivity contribution is 6.09. The van der Waals surface area contributed by atoms with Gasteiger partial charge >= 0.3 is 0 Å². The summed E-state index contributed by atoms with van der Waals surface area (Å²) >= 11 is 0. The van der Waals surface area contributed by atoms with E-state index >= 15 is 0 Å². The molecule has 1 fully saturated rings. The first-order chi connectivity index (χ1) is 8.75. The first kappa shape index (κ1) is 11.4. The van der Waals surface area contributed by atoms with Crippen LogP contribution in [0.5, 0.6) is 0 Å². The Morgan fingerprint density at radius 2 is 2.11 bits per heavy atom. The predicted molar refractivity (Wildman–Crippen MR) is 67.2 cm³/mol. The molecule has 1 N–H and O–H groups in total. The summed E-state index contributed by atoms with van der Waals surface area (Å²) in [5.41, 5.74) is 1.53. The molecular weight excluding hydrogens is 228 g/mol. The van der Waals surface area contributed by atoms with Gasteiger partial charge in [-0.15, -0.1) is 0 Å². The number of carbonyl (C=O) groups is 2. The van der Waals surface area contributed by atoms with Crippen LogP contribution in [0.1, 0.15) is 28.8 Å². The summed E-state index contributed by atoms with van der Waals surface area (Å²) in [6.45, 7) is 1.49. The molecule has 1 aromatic carbocycles. The molecule has 4 nitrogen and oxygen atoms in total. The van der Waals surface area contributed by atoms with E-state index in [-0.39, 0.29) is 17.9 Å². The number of nitrogens with zero attached hydrogens (tertiary/aromatic N) is 1. The minimum absolute atomic E-state index is 0.0765. The lowest BCUT2D eigenvalue weighted by Crippen LogP contribution is -2.47. The Kier molecular flexibility index (Phi) is 2.88. The zero-order valence-corrected chi connectivity index (χ0v) is 10.2. The molecule has 1 atom stereocenters. The van der Waals surface area contributed by atoms with Crippen LogP contribution in [-0.4, -0.2) is 35.8 Å². The van der Waals surface area contributed by atoms with Crippen LogP contribution in [0.4, 0.5) is 0 Å². The van der Waals surface area contributed by atoms with E-state index in [1.165, 1.54) is 4.90 Å². The molecule has 4 heteroatoms. The van der Waals surface area contributed by atoms with Crippen molar-refractivity contribution in [1.82, 2.24) is 10.2 Å². The Morgan fingerprint density at radius 3 is 2.89 bits per heavy atom. The average molecular weight is 244 g/mol. The number of rotatable bonds is 2. The van der Waals surface area contributed by atoms with Crippen LogP contribution in [0, 0.1) is 0 Å². The molecule has 0 radical (unpaired) electrons. The molecule has 2 aliphatic rings. The van der Waals surface area contributed by atoms with Crippen LogP contribution in [0.3, 0.4) is 0 Å². The van der Waals surface area contributed by atoms with Crippen LogP contribution in [0.2, 0.25) is 0 Å². The number of nitrogens with one attached hydrogen (secondary N) is 1. The molecule has 0 aromatic heterocycles. The fraction of sp³-hybridized carbons (Fsp3) is 0.429. The van der Waals surface area contributed by atoms with Crippen molar-refractivity contribution in [3.05, 3.63) is 35.4 Å². The molecule has 1 aromatic rings. The van der Waals surface area contributed by atoms with Gasteiger partial charge in [0.25, 0.3) is 5.91 Å². The molecule has 3 rings (SSSR count). The monoisotopic (exact) mass is 244 g/mol. The number of carbonyl (C=O) groups excluding carboxylic acids is 2. The normalized spacial score (nSPS) is 23.3. The van der Waals surface area contributed by atoms with Gasteiger partial charge in [-0.3, -0.25) is 14.5 Å². The maximum atomic E-state index is 12.3. The summed E-state index contributed by atoms with van der Waals surface area (Å²) in [5.74, 6) is -0.219. The lowest BCUT2D eigenvalue weighted by Gasteiger charge is -2.28. The average Bonchev–Trinajstić information content (AvgIpc) is 2.87. The Bertz CT molecular complexity index is 492. The summed E-state index contributed by atoms with van der Waals surface area (Å²) in [7, 11) is 0. The van der Waals surface area contributed by atoms with Crippen molar-refractivity contribution < 1.29 is 9.59 Å². The maximum absolute atomic E-state index is 12.3. The number of benzene rings is 1. The molecule has 2 aliphatic heterocycles. The van der Waals surface area contributed by atoms with Gasteiger partial charge in [0, 0.05) is 18.2 Å². The lowest BCUT2D eigenvalue weighted by molar-refractivity contribution is -0.128. The number of hydrogen-bond acceptors (Lipinski definition) is 3. The molecule has 2 heterocycles. The van der Waals surface area contributed by atoms with Crippen molar-refractivity contribution in [1.29, 1.82) is 0 Å². The Labute approximate surface area is 106 Å². The van der Waals surface area contributed by atoms with Crippen molar-refractivity contribution >= 4 is 11.8 Å². The molecule has 0 saturated carbocycles. The van der Waals surface area contributed by atoms with E-state index in [9.17, 15) is 9.59 Å². The molecule has 2 amide bonds. The molecule has 0 bridgehead atoms. The summed E-state index contributed by atoms with van der Waals surface area (Å²) in [6.07, 6.45) is 2.50. The molecule has 18 heavy (non-hydrogen) atoms. The van der Waals surface area contributed by atoms with E-state index in [4.69, 9.17) is 0 Å². The third-order valence-electron chi connectivity index (χ3n) is 3.70. The second-order valence-electron chi connectivity index (χ2n) is 4.94. The first-order valence-corrected chi connectivity index (χ1v) is 6.41. The lowest BCUT2D eigenvalue weighted by atomic mass is 9.98. The largest absolute Gasteiger partial charge is 0.312 e. The van der Waals surface area contributed by atoms with E-state index in [0.29, 0.717) is 18.5 Å². The van der Waals surface area contributed by atoms with Crippen molar-refractivity contribution in [3.8, 4) is 0 Å². The number of amides is 2. The topological polar surface area (TPSA) is 49.4 Å². The van der Waals surface area contributed by atoms with Crippen molar-refractivity contribution in [3.63, 3.8) is 0 Å². The standard InChI is InChI=1S/C14H16N2O2/c17-13-8-10-4-1-2-6-12(10)14(18)16(13)9-11-5-3-7-15-11/h1-2,4,6,11,15H,3,5,7-9H2/t11-/m0/s1. The van der Waals surface area contributed by atoms with E-state index < -0.39 is 0 Å². The zero-order chi connectivity index (χ0) is 12.5. The fourth-order valence-electron chi connectivity index (χ4n) is 2.72. The van der Waals surface area contributed by atoms with E-state index in [1.807, 2.05) is 18.2 Å². The van der Waals surface area contributed by atoms with Crippen molar-refractivity contribution in [2.24, 2.45) is 0 Å². The van der Waals surface area contributed by atoms with Gasteiger partial charge in [0.05, 0.1) is 6.42 Å². The van der Waals surface area contributed by atoms with Crippen molar-refractivity contribution in [2.75, 3.05) is 13.1 Å². The highest BCUT2D eigenvalue weighted by Crippen LogP contribution is 2.20. The minimum Gasteiger partial charge on any atom is -0.312 e. The SMILES string of the molecule is O=C1Cc2ccccc2C(=O)N1C[C@@H]1CCCN1. The van der Waals surface area contributed by atoms with Gasteiger partial charge in [0.1, 0.15) is 0 Å². The second-order valence-corrected chi connectivity index (χ2v) is 4.94. The van der Waals surface area contributed by atoms with Gasteiger partial charge in [0.15, 0.2) is 0 Å². The summed E-state index contributed by atoms with van der Waals surface area (Å²) in [4.78, 5) is 25.7. The van der Waals surface area contributed by atoms with Crippen LogP contribution in [0.25, 0.3) is 0 Å². The smallest absolute Gasteiger partial charge is 0.260 e. The number of fused-ring (bicyclic) bond motifs is 1. The molecule has 0 aliphatic carbocycles. The molecule has 94 valence electrons. The maximum Gasteiger partial charge on any atom is 0.260 e. The predicted octanol–water partition coefficient (Wildman–Crippen LogP) is 0.964. The second kappa shape index (κ2) is 4.53. The van der Waals surface area contributed by atoms with Gasteiger partial charge < -0.3 is 5.32 Å². The van der Waals surface area contributed by atoms with E-state index in [0.717, 1.165) is 24.9 Å². The third-order valence-corrected chi connectivity index (χ3v) is 3.70. The van der Waals surface area contributed by atoms with Crippen LogP contribution >= 0.6 is 0 Å². The first-order valence-electron chi connectivity index (χ1n) is 6.41. The molecular formula is C14H16N2O2. The van der Waals surface area contributed by atoms with Gasteiger partial charge in [0.2, 0.25) is 5.91 Å². The Hall–Kier alpha value is -1.68. The van der Waals surface area contributed by atoms with Crippen LogP contribution in [-0.2, 0) is 11.2 Å². The van der Waals surface area contributed by atoms with Crippen LogP contribution < -0.4 is 5.32 Å². The minimum atomic E-state index is -0.143. The van der Waals surface area contributed by atoms with Gasteiger partial charge in [-0.25, -0.2) is 0 Å². The Morgan fingerprint density at radius 1 is 1.28 bits per heavy atom. The van der Waals surface area contributed by atoms with Gasteiger partial charge in [-0.05, 0) is 31.0 Å². The third kappa shape index (κ3) is 1.93. The summed E-state index contributed by atoms with van der Waals surface area (Å²) in [6, 6.07) is 7.64. The fourth-order valence-corrected chi connectivity index (χ4v) is 2.72. The van der Waals surface area contributed by atoms with Gasteiger partial charge in [-0.2, -0.15) is 0 Å². The zero-order valence-electron chi connectivity index (χ0n) is 10.2. The summed E-state index contributed by atoms with van der Waals surface area (Å²) < 4.78 is 0. The number of imide groups is 1. The Balaban J connectivity index is 1.83. The summed E-state index contributed by atoms with van der Waals surface area (Å²) in [5, 5.41) is 3.32. The highest BCUT2D eigenvalue weighted by atomic mass is 16.2. The highest BCUT2D eigenvalue weighted by Gasteiger charge is 2.32. The molecule has 0 spiro atoms. The van der Waals surface area contributed by atoms with Crippen LogP contribution in [0.15, 0.2) is 24.3 Å². The molecule has 0 unspecified atom stereocenters. The number of hydrogen-bond donors (Lipinski definition) is 1.